The van der Waals surface area contributed by atoms with Gasteiger partial charge < -0.3 is 9.64 Å². The molecule has 1 aromatic carbocycles. The highest BCUT2D eigenvalue weighted by Gasteiger charge is 2.23. The highest BCUT2D eigenvalue weighted by atomic mass is 79.9. The third kappa shape index (κ3) is 3.78. The molecule has 0 atom stereocenters. The largest absolute Gasteiger partial charge is 0.497 e. The maximum atomic E-state index is 5.23. The lowest BCUT2D eigenvalue weighted by molar-refractivity contribution is 0.381. The fourth-order valence-corrected chi connectivity index (χ4v) is 4.46. The first-order valence-corrected chi connectivity index (χ1v) is 10.2. The Morgan fingerprint density at radius 2 is 1.89 bits per heavy atom. The smallest absolute Gasteiger partial charge is 0.164 e. The Morgan fingerprint density at radius 1 is 1.15 bits per heavy atom. The summed E-state index contributed by atoms with van der Waals surface area (Å²) in [6.07, 6.45) is 6.39. The fourth-order valence-electron chi connectivity index (χ4n) is 3.86. The van der Waals surface area contributed by atoms with Crippen LogP contribution in [0, 0.1) is 5.92 Å². The first kappa shape index (κ1) is 18.2. The zero-order valence-electron chi connectivity index (χ0n) is 15.7. The molecule has 0 spiro atoms. The van der Waals surface area contributed by atoms with Crippen molar-refractivity contribution in [3.8, 4) is 5.75 Å². The number of methoxy groups -OCH3 is 1. The summed E-state index contributed by atoms with van der Waals surface area (Å²) in [4.78, 5) is 11.3. The van der Waals surface area contributed by atoms with Crippen LogP contribution >= 0.6 is 15.9 Å². The SMILES string of the molecule is COc1ccc(CCC2CCN(c3ncnc4c3c(Br)nn4C)CC2)cc1. The van der Waals surface area contributed by atoms with Crippen LogP contribution in [0.2, 0.25) is 0 Å². The van der Waals surface area contributed by atoms with Crippen molar-refractivity contribution >= 4 is 32.8 Å². The molecule has 142 valence electrons. The van der Waals surface area contributed by atoms with Gasteiger partial charge in [-0.1, -0.05) is 12.1 Å². The Kier molecular flexibility index (Phi) is 5.29. The standard InChI is InChI=1S/C20H24BrN5O/c1-25-19-17(18(21)24-25)20(23-13-22-19)26-11-9-15(10-12-26)4-3-14-5-7-16(27-2)8-6-14/h5-8,13,15H,3-4,9-12H2,1-2H3. The van der Waals surface area contributed by atoms with E-state index >= 15 is 0 Å². The number of hydrogen-bond donors (Lipinski definition) is 0. The van der Waals surface area contributed by atoms with Gasteiger partial charge in [0, 0.05) is 20.1 Å². The van der Waals surface area contributed by atoms with Gasteiger partial charge in [0.05, 0.1) is 12.5 Å². The molecule has 0 radical (unpaired) electrons. The van der Waals surface area contributed by atoms with Crippen molar-refractivity contribution in [3.63, 3.8) is 0 Å². The number of anilines is 1. The number of aromatic nitrogens is 4. The van der Waals surface area contributed by atoms with E-state index in [0.717, 1.165) is 52.6 Å². The van der Waals surface area contributed by atoms with E-state index in [0.29, 0.717) is 0 Å². The highest BCUT2D eigenvalue weighted by Crippen LogP contribution is 2.32. The fraction of sp³-hybridized carbons (Fsp3) is 0.450. The van der Waals surface area contributed by atoms with Crippen LogP contribution in [0.15, 0.2) is 35.2 Å². The Hall–Kier alpha value is -2.15. The number of hydrogen-bond acceptors (Lipinski definition) is 5. The van der Waals surface area contributed by atoms with Crippen LogP contribution in [-0.2, 0) is 13.5 Å². The number of rotatable bonds is 5. The van der Waals surface area contributed by atoms with E-state index in [1.165, 1.54) is 24.8 Å². The van der Waals surface area contributed by atoms with Crippen molar-refractivity contribution in [2.45, 2.75) is 25.7 Å². The lowest BCUT2D eigenvalue weighted by atomic mass is 9.90. The Labute approximate surface area is 167 Å². The average molecular weight is 430 g/mol. The monoisotopic (exact) mass is 429 g/mol. The minimum Gasteiger partial charge on any atom is -0.497 e. The summed E-state index contributed by atoms with van der Waals surface area (Å²) in [5.74, 6) is 2.68. The van der Waals surface area contributed by atoms with E-state index in [4.69, 9.17) is 4.74 Å². The molecule has 1 aliphatic heterocycles. The van der Waals surface area contributed by atoms with Crippen LogP contribution in [0.5, 0.6) is 5.75 Å². The topological polar surface area (TPSA) is 56.1 Å². The van der Waals surface area contributed by atoms with Crippen molar-refractivity contribution < 1.29 is 4.74 Å². The number of benzene rings is 1. The molecule has 4 rings (SSSR count). The minimum absolute atomic E-state index is 0.762. The van der Waals surface area contributed by atoms with Gasteiger partial charge in [-0.15, -0.1) is 0 Å². The van der Waals surface area contributed by atoms with Crippen molar-refractivity contribution in [1.82, 2.24) is 19.7 Å². The van der Waals surface area contributed by atoms with E-state index < -0.39 is 0 Å². The van der Waals surface area contributed by atoms with Gasteiger partial charge in [-0.3, -0.25) is 0 Å². The van der Waals surface area contributed by atoms with Crippen molar-refractivity contribution in [2.24, 2.45) is 13.0 Å². The zero-order valence-corrected chi connectivity index (χ0v) is 17.3. The Bertz CT molecular complexity index is 916. The summed E-state index contributed by atoms with van der Waals surface area (Å²) >= 11 is 3.56. The number of nitrogens with zero attached hydrogens (tertiary/aromatic N) is 5. The van der Waals surface area contributed by atoms with Crippen molar-refractivity contribution in [2.75, 3.05) is 25.1 Å². The molecule has 7 heteroatoms. The zero-order chi connectivity index (χ0) is 18.8. The van der Waals surface area contributed by atoms with Crippen LogP contribution in [0.3, 0.4) is 0 Å². The molecule has 3 heterocycles. The highest BCUT2D eigenvalue weighted by molar-refractivity contribution is 9.10. The molecule has 1 saturated heterocycles. The van der Waals surface area contributed by atoms with Gasteiger partial charge in [-0.05, 0) is 65.2 Å². The Balaban J connectivity index is 1.38. The molecule has 0 N–H and O–H groups in total. The number of ether oxygens (including phenoxy) is 1. The number of piperidine rings is 1. The molecule has 1 aliphatic rings. The van der Waals surface area contributed by atoms with E-state index in [2.05, 4.69) is 48.0 Å². The lowest BCUT2D eigenvalue weighted by Gasteiger charge is -2.33. The van der Waals surface area contributed by atoms with Crippen LogP contribution < -0.4 is 9.64 Å². The first-order valence-electron chi connectivity index (χ1n) is 9.37. The summed E-state index contributed by atoms with van der Waals surface area (Å²) in [5.41, 5.74) is 2.25. The van der Waals surface area contributed by atoms with E-state index in [9.17, 15) is 0 Å². The second kappa shape index (κ2) is 7.84. The first-order chi connectivity index (χ1) is 13.2. The quantitative estimate of drug-likeness (QED) is 0.613. The third-order valence-electron chi connectivity index (χ3n) is 5.47. The van der Waals surface area contributed by atoms with Crippen LogP contribution in [-0.4, -0.2) is 39.9 Å². The van der Waals surface area contributed by atoms with Crippen LogP contribution in [0.4, 0.5) is 5.82 Å². The molecular formula is C20H24BrN5O. The predicted molar refractivity (Wildman–Crippen MR) is 110 cm³/mol. The summed E-state index contributed by atoms with van der Waals surface area (Å²) in [6.45, 7) is 2.06. The van der Waals surface area contributed by atoms with Gasteiger partial charge >= 0.3 is 0 Å². The second-order valence-electron chi connectivity index (χ2n) is 7.13. The van der Waals surface area contributed by atoms with Crippen molar-refractivity contribution in [1.29, 1.82) is 0 Å². The minimum atomic E-state index is 0.762. The molecular weight excluding hydrogens is 406 g/mol. The number of fused-ring (bicyclic) bond motifs is 1. The average Bonchev–Trinajstić information content (AvgIpc) is 3.01. The molecule has 2 aromatic heterocycles. The summed E-state index contributed by atoms with van der Waals surface area (Å²) < 4.78 is 7.85. The van der Waals surface area contributed by atoms with Crippen LogP contribution in [0.1, 0.15) is 24.8 Å². The van der Waals surface area contributed by atoms with Gasteiger partial charge in [0.15, 0.2) is 5.65 Å². The van der Waals surface area contributed by atoms with E-state index in [1.54, 1.807) is 18.1 Å². The van der Waals surface area contributed by atoms with Gasteiger partial charge in [0.2, 0.25) is 0 Å². The number of aryl methyl sites for hydroxylation is 2. The number of halogens is 1. The molecule has 0 unspecified atom stereocenters. The molecule has 27 heavy (non-hydrogen) atoms. The molecule has 1 fully saturated rings. The second-order valence-corrected chi connectivity index (χ2v) is 7.88. The summed E-state index contributed by atoms with van der Waals surface area (Å²) in [5, 5.41) is 5.44. The molecule has 3 aromatic rings. The van der Waals surface area contributed by atoms with Gasteiger partial charge in [-0.25, -0.2) is 14.6 Å². The van der Waals surface area contributed by atoms with Gasteiger partial charge in [0.1, 0.15) is 22.5 Å². The summed E-state index contributed by atoms with van der Waals surface area (Å²) in [7, 11) is 3.62. The predicted octanol–water partition coefficient (Wildman–Crippen LogP) is 3.98. The summed E-state index contributed by atoms with van der Waals surface area (Å²) in [6, 6.07) is 8.44. The maximum absolute atomic E-state index is 5.23. The van der Waals surface area contributed by atoms with Crippen molar-refractivity contribution in [3.05, 3.63) is 40.8 Å². The Morgan fingerprint density at radius 3 is 2.59 bits per heavy atom. The molecule has 0 amide bonds. The van der Waals surface area contributed by atoms with E-state index in [1.807, 2.05) is 19.2 Å². The van der Waals surface area contributed by atoms with Gasteiger partial charge in [0.25, 0.3) is 0 Å². The van der Waals surface area contributed by atoms with E-state index in [-0.39, 0.29) is 0 Å². The van der Waals surface area contributed by atoms with Gasteiger partial charge in [-0.2, -0.15) is 5.10 Å². The normalized spacial score (nSPS) is 15.4. The molecule has 0 bridgehead atoms. The molecule has 0 saturated carbocycles. The lowest BCUT2D eigenvalue weighted by Crippen LogP contribution is -2.34. The third-order valence-corrected chi connectivity index (χ3v) is 6.03. The maximum Gasteiger partial charge on any atom is 0.164 e. The molecule has 0 aliphatic carbocycles. The van der Waals surface area contributed by atoms with Crippen LogP contribution in [0.25, 0.3) is 11.0 Å². The molecule has 6 nitrogen and oxygen atoms in total.